The molecule has 2 amide bonds. The third-order valence-corrected chi connectivity index (χ3v) is 3.20. The van der Waals surface area contributed by atoms with Crippen LogP contribution in [0.3, 0.4) is 0 Å². The molecule has 0 saturated heterocycles. The lowest BCUT2D eigenvalue weighted by molar-refractivity contribution is -0.123. The number of rotatable bonds is 11. The zero-order valence-corrected chi connectivity index (χ0v) is 11.7. The van der Waals surface area contributed by atoms with Gasteiger partial charge in [-0.1, -0.05) is 12.8 Å². The Kier molecular flexibility index (Phi) is 8.21. The number of unbranched alkanes of at least 4 members (excludes halogenated alkanes) is 3. The van der Waals surface area contributed by atoms with E-state index in [2.05, 4.69) is 10.6 Å². The second kappa shape index (κ2) is 9.78. The van der Waals surface area contributed by atoms with Gasteiger partial charge in [0.05, 0.1) is 0 Å². The van der Waals surface area contributed by atoms with Gasteiger partial charge in [0, 0.05) is 25.4 Å². The van der Waals surface area contributed by atoms with Crippen LogP contribution in [-0.4, -0.2) is 30.9 Å². The molecule has 0 atom stereocenters. The summed E-state index contributed by atoms with van der Waals surface area (Å²) in [5, 5.41) is 5.79. The largest absolute Gasteiger partial charge is 0.356 e. The molecule has 4 N–H and O–H groups in total. The highest BCUT2D eigenvalue weighted by Crippen LogP contribution is 2.18. The number of hydrogen-bond donors (Lipinski definition) is 3. The smallest absolute Gasteiger partial charge is 0.220 e. The van der Waals surface area contributed by atoms with Crippen LogP contribution in [0.15, 0.2) is 0 Å². The van der Waals surface area contributed by atoms with Gasteiger partial charge < -0.3 is 16.4 Å². The number of amides is 2. The first-order valence-electron chi connectivity index (χ1n) is 7.48. The molecule has 0 spiro atoms. The molecule has 0 aromatic carbocycles. The van der Waals surface area contributed by atoms with Crippen LogP contribution in [0.5, 0.6) is 0 Å². The third kappa shape index (κ3) is 9.47. The monoisotopic (exact) mass is 269 g/mol. The Bertz CT molecular complexity index is 278. The number of carbonyl (C=O) groups excluding carboxylic acids is 2. The second-order valence-corrected chi connectivity index (χ2v) is 5.25. The van der Waals surface area contributed by atoms with Crippen LogP contribution in [-0.2, 0) is 9.59 Å². The minimum Gasteiger partial charge on any atom is -0.356 e. The van der Waals surface area contributed by atoms with E-state index in [1.807, 2.05) is 0 Å². The molecular weight excluding hydrogens is 242 g/mol. The van der Waals surface area contributed by atoms with E-state index in [1.165, 1.54) is 0 Å². The number of carbonyl (C=O) groups is 2. The Morgan fingerprint density at radius 2 is 1.63 bits per heavy atom. The topological polar surface area (TPSA) is 84.2 Å². The van der Waals surface area contributed by atoms with Gasteiger partial charge in [-0.15, -0.1) is 0 Å². The quantitative estimate of drug-likeness (QED) is 0.491. The molecule has 1 fully saturated rings. The van der Waals surface area contributed by atoms with Gasteiger partial charge in [-0.3, -0.25) is 9.59 Å². The van der Waals surface area contributed by atoms with Gasteiger partial charge in [-0.05, 0) is 38.6 Å². The predicted octanol–water partition coefficient (Wildman–Crippen LogP) is 1.07. The van der Waals surface area contributed by atoms with Crippen LogP contribution in [0.25, 0.3) is 0 Å². The zero-order valence-electron chi connectivity index (χ0n) is 11.7. The van der Waals surface area contributed by atoms with Crippen LogP contribution in [0.2, 0.25) is 0 Å². The summed E-state index contributed by atoms with van der Waals surface area (Å²) in [6.07, 6.45) is 8.17. The summed E-state index contributed by atoms with van der Waals surface area (Å²) in [7, 11) is 0. The van der Waals surface area contributed by atoms with E-state index in [9.17, 15) is 9.59 Å². The average Bonchev–Trinajstić information content (AvgIpc) is 3.18. The minimum atomic E-state index is 0.0929. The van der Waals surface area contributed by atoms with E-state index in [-0.39, 0.29) is 11.8 Å². The molecule has 0 heterocycles. The molecule has 0 aromatic heterocycles. The van der Waals surface area contributed by atoms with E-state index >= 15 is 0 Å². The Labute approximate surface area is 115 Å². The van der Waals surface area contributed by atoms with Crippen molar-refractivity contribution in [3.8, 4) is 0 Å². The normalized spacial score (nSPS) is 14.2. The SMILES string of the molecule is NCCCCCCC(=O)NCCCC(=O)NC1CC1. The van der Waals surface area contributed by atoms with Crippen molar-refractivity contribution in [2.24, 2.45) is 5.73 Å². The van der Waals surface area contributed by atoms with Gasteiger partial charge in [-0.25, -0.2) is 0 Å². The summed E-state index contributed by atoms with van der Waals surface area (Å²) in [4.78, 5) is 22.8. The highest BCUT2D eigenvalue weighted by molar-refractivity contribution is 5.77. The fourth-order valence-corrected chi connectivity index (χ4v) is 1.88. The molecule has 110 valence electrons. The Balaban J connectivity index is 1.84. The number of nitrogens with two attached hydrogens (primary N) is 1. The fourth-order valence-electron chi connectivity index (χ4n) is 1.88. The van der Waals surface area contributed by atoms with Crippen molar-refractivity contribution in [1.29, 1.82) is 0 Å². The molecule has 0 unspecified atom stereocenters. The van der Waals surface area contributed by atoms with Gasteiger partial charge in [0.2, 0.25) is 11.8 Å². The van der Waals surface area contributed by atoms with Gasteiger partial charge in [0.15, 0.2) is 0 Å². The van der Waals surface area contributed by atoms with E-state index in [0.29, 0.717) is 25.4 Å². The van der Waals surface area contributed by atoms with Crippen LogP contribution < -0.4 is 16.4 Å². The molecule has 5 nitrogen and oxygen atoms in total. The van der Waals surface area contributed by atoms with Crippen molar-refractivity contribution >= 4 is 11.8 Å². The Morgan fingerprint density at radius 1 is 0.947 bits per heavy atom. The summed E-state index contributed by atoms with van der Waals surface area (Å²) in [5.41, 5.74) is 5.40. The van der Waals surface area contributed by atoms with Crippen LogP contribution in [0, 0.1) is 0 Å². The van der Waals surface area contributed by atoms with Crippen LogP contribution >= 0.6 is 0 Å². The lowest BCUT2D eigenvalue weighted by atomic mass is 10.1. The minimum absolute atomic E-state index is 0.0929. The predicted molar refractivity (Wildman–Crippen MR) is 75.5 cm³/mol. The highest BCUT2D eigenvalue weighted by Gasteiger charge is 2.22. The van der Waals surface area contributed by atoms with E-state index < -0.39 is 0 Å². The highest BCUT2D eigenvalue weighted by atomic mass is 16.2. The lowest BCUT2D eigenvalue weighted by Crippen LogP contribution is -2.28. The molecule has 1 saturated carbocycles. The molecule has 0 aromatic rings. The maximum atomic E-state index is 11.5. The van der Waals surface area contributed by atoms with Crippen molar-refractivity contribution in [2.75, 3.05) is 13.1 Å². The Hall–Kier alpha value is -1.10. The molecule has 0 radical (unpaired) electrons. The van der Waals surface area contributed by atoms with Gasteiger partial charge >= 0.3 is 0 Å². The summed E-state index contributed by atoms with van der Waals surface area (Å²) in [6, 6.07) is 0.426. The molecule has 5 heteroatoms. The van der Waals surface area contributed by atoms with Crippen molar-refractivity contribution < 1.29 is 9.59 Å². The lowest BCUT2D eigenvalue weighted by Gasteiger charge is -2.05. The molecule has 1 aliphatic rings. The molecule has 19 heavy (non-hydrogen) atoms. The standard InChI is InChI=1S/C14H27N3O2/c15-10-4-2-1-3-6-13(18)16-11-5-7-14(19)17-12-8-9-12/h12H,1-11,15H2,(H,16,18)(H,17,19). The van der Waals surface area contributed by atoms with E-state index in [1.54, 1.807) is 0 Å². The number of nitrogens with one attached hydrogen (secondary N) is 2. The summed E-state index contributed by atoms with van der Waals surface area (Å²) >= 11 is 0. The van der Waals surface area contributed by atoms with Gasteiger partial charge in [0.1, 0.15) is 0 Å². The van der Waals surface area contributed by atoms with E-state index in [0.717, 1.165) is 51.5 Å². The van der Waals surface area contributed by atoms with Crippen LogP contribution in [0.4, 0.5) is 0 Å². The van der Waals surface area contributed by atoms with Crippen molar-refractivity contribution in [1.82, 2.24) is 10.6 Å². The maximum absolute atomic E-state index is 11.5. The van der Waals surface area contributed by atoms with Crippen molar-refractivity contribution in [3.05, 3.63) is 0 Å². The molecule has 0 bridgehead atoms. The van der Waals surface area contributed by atoms with Gasteiger partial charge in [0.25, 0.3) is 0 Å². The summed E-state index contributed by atoms with van der Waals surface area (Å²) in [5.74, 6) is 0.203. The second-order valence-electron chi connectivity index (χ2n) is 5.25. The van der Waals surface area contributed by atoms with Gasteiger partial charge in [-0.2, -0.15) is 0 Å². The fraction of sp³-hybridized carbons (Fsp3) is 0.857. The third-order valence-electron chi connectivity index (χ3n) is 3.20. The van der Waals surface area contributed by atoms with Crippen LogP contribution in [0.1, 0.15) is 57.8 Å². The number of hydrogen-bond acceptors (Lipinski definition) is 3. The average molecular weight is 269 g/mol. The molecule has 1 aliphatic carbocycles. The van der Waals surface area contributed by atoms with Crippen molar-refractivity contribution in [3.63, 3.8) is 0 Å². The zero-order chi connectivity index (χ0) is 13.9. The first-order chi connectivity index (χ1) is 9.22. The first-order valence-corrected chi connectivity index (χ1v) is 7.48. The molecule has 1 rings (SSSR count). The Morgan fingerprint density at radius 3 is 2.32 bits per heavy atom. The summed E-state index contributed by atoms with van der Waals surface area (Å²) < 4.78 is 0. The maximum Gasteiger partial charge on any atom is 0.220 e. The molecular formula is C14H27N3O2. The first kappa shape index (κ1) is 16.0. The van der Waals surface area contributed by atoms with E-state index in [4.69, 9.17) is 5.73 Å². The summed E-state index contributed by atoms with van der Waals surface area (Å²) in [6.45, 7) is 1.33. The van der Waals surface area contributed by atoms with Crippen molar-refractivity contribution in [2.45, 2.75) is 63.8 Å². The molecule has 0 aliphatic heterocycles.